The Labute approximate surface area is 118 Å². The van der Waals surface area contributed by atoms with Crippen LogP contribution in [-0.2, 0) is 19.3 Å². The number of piperazine rings is 1. The van der Waals surface area contributed by atoms with E-state index in [0.29, 0.717) is 6.04 Å². The molecule has 1 aliphatic heterocycles. The molecule has 1 saturated heterocycles. The van der Waals surface area contributed by atoms with E-state index in [-0.39, 0.29) is 0 Å². The molecule has 0 aliphatic carbocycles. The molecule has 2 heteroatoms. The molecule has 1 heterocycles. The number of hydrogen-bond acceptors (Lipinski definition) is 2. The van der Waals surface area contributed by atoms with Crippen molar-refractivity contribution in [3.63, 3.8) is 0 Å². The van der Waals surface area contributed by atoms with Crippen molar-refractivity contribution in [2.45, 2.75) is 53.0 Å². The summed E-state index contributed by atoms with van der Waals surface area (Å²) in [5.74, 6) is 0. The molecular weight excluding hydrogens is 232 g/mol. The van der Waals surface area contributed by atoms with Gasteiger partial charge in [-0.1, -0.05) is 32.9 Å². The maximum absolute atomic E-state index is 3.49. The lowest BCUT2D eigenvalue weighted by Crippen LogP contribution is -2.50. The fourth-order valence-electron chi connectivity index (χ4n) is 3.12. The van der Waals surface area contributed by atoms with Crippen LogP contribution in [0.15, 0.2) is 12.1 Å². The fraction of sp³-hybridized carbons (Fsp3) is 0.647. The monoisotopic (exact) mass is 260 g/mol. The lowest BCUT2D eigenvalue weighted by Gasteiger charge is -2.38. The van der Waals surface area contributed by atoms with Gasteiger partial charge in [-0.05, 0) is 42.9 Å². The van der Waals surface area contributed by atoms with Crippen molar-refractivity contribution in [2.75, 3.05) is 24.5 Å². The van der Waals surface area contributed by atoms with E-state index in [4.69, 9.17) is 0 Å². The average molecular weight is 260 g/mol. The number of benzene rings is 1. The van der Waals surface area contributed by atoms with E-state index < -0.39 is 0 Å². The molecule has 0 aromatic heterocycles. The van der Waals surface area contributed by atoms with Crippen LogP contribution in [0.1, 0.15) is 44.4 Å². The minimum absolute atomic E-state index is 0.594. The van der Waals surface area contributed by atoms with E-state index in [1.807, 2.05) is 0 Å². The highest BCUT2D eigenvalue weighted by Gasteiger charge is 2.22. The summed E-state index contributed by atoms with van der Waals surface area (Å²) in [6, 6.07) is 5.43. The van der Waals surface area contributed by atoms with Crippen LogP contribution < -0.4 is 10.2 Å². The van der Waals surface area contributed by atoms with Crippen molar-refractivity contribution >= 4 is 5.69 Å². The second kappa shape index (κ2) is 6.42. The van der Waals surface area contributed by atoms with Gasteiger partial charge in [0.2, 0.25) is 0 Å². The second-order valence-electron chi connectivity index (χ2n) is 5.57. The molecule has 0 spiro atoms. The third kappa shape index (κ3) is 2.94. The van der Waals surface area contributed by atoms with E-state index in [1.54, 1.807) is 0 Å². The van der Waals surface area contributed by atoms with Crippen LogP contribution in [0.5, 0.6) is 0 Å². The molecule has 1 aromatic rings. The molecule has 0 radical (unpaired) electrons. The van der Waals surface area contributed by atoms with Crippen LogP contribution in [0, 0.1) is 0 Å². The molecule has 1 aliphatic rings. The summed E-state index contributed by atoms with van der Waals surface area (Å²) in [7, 11) is 0. The quantitative estimate of drug-likeness (QED) is 0.894. The van der Waals surface area contributed by atoms with Crippen LogP contribution in [0.2, 0.25) is 0 Å². The lowest BCUT2D eigenvalue weighted by atomic mass is 9.96. The van der Waals surface area contributed by atoms with Crippen molar-refractivity contribution in [1.29, 1.82) is 0 Å². The number of rotatable bonds is 4. The first-order valence-corrected chi connectivity index (χ1v) is 7.83. The minimum Gasteiger partial charge on any atom is -0.366 e. The van der Waals surface area contributed by atoms with Crippen LogP contribution >= 0.6 is 0 Å². The van der Waals surface area contributed by atoms with Gasteiger partial charge >= 0.3 is 0 Å². The van der Waals surface area contributed by atoms with Gasteiger partial charge in [-0.3, -0.25) is 0 Å². The zero-order chi connectivity index (χ0) is 13.8. The summed E-state index contributed by atoms with van der Waals surface area (Å²) >= 11 is 0. The first-order valence-electron chi connectivity index (χ1n) is 7.83. The normalized spacial score (nSPS) is 19.8. The molecule has 2 rings (SSSR count). The van der Waals surface area contributed by atoms with Crippen LogP contribution in [0.4, 0.5) is 5.69 Å². The third-order valence-corrected chi connectivity index (χ3v) is 4.29. The number of hydrogen-bond donors (Lipinski definition) is 1. The van der Waals surface area contributed by atoms with Crippen molar-refractivity contribution in [3.8, 4) is 0 Å². The lowest BCUT2D eigenvalue weighted by molar-refractivity contribution is 0.498. The van der Waals surface area contributed by atoms with Gasteiger partial charge in [-0.25, -0.2) is 0 Å². The molecule has 0 amide bonds. The Hall–Kier alpha value is -1.02. The van der Waals surface area contributed by atoms with Crippen molar-refractivity contribution < 1.29 is 0 Å². The number of aryl methyl sites for hydroxylation is 3. The third-order valence-electron chi connectivity index (χ3n) is 4.29. The van der Waals surface area contributed by atoms with E-state index in [0.717, 1.165) is 38.9 Å². The van der Waals surface area contributed by atoms with Crippen LogP contribution in [0.3, 0.4) is 0 Å². The van der Waals surface area contributed by atoms with Gasteiger partial charge in [-0.15, -0.1) is 0 Å². The van der Waals surface area contributed by atoms with E-state index >= 15 is 0 Å². The summed E-state index contributed by atoms with van der Waals surface area (Å²) in [4.78, 5) is 2.62. The Morgan fingerprint density at radius 1 is 1.11 bits per heavy atom. The molecule has 106 valence electrons. The molecule has 1 aromatic carbocycles. The van der Waals surface area contributed by atoms with Gasteiger partial charge in [0.1, 0.15) is 0 Å². The average Bonchev–Trinajstić information content (AvgIpc) is 2.46. The Morgan fingerprint density at radius 3 is 2.21 bits per heavy atom. The van der Waals surface area contributed by atoms with Gasteiger partial charge in [-0.2, -0.15) is 0 Å². The topological polar surface area (TPSA) is 15.3 Å². The number of nitrogens with one attached hydrogen (secondary N) is 1. The Bertz CT molecular complexity index is 400. The molecule has 19 heavy (non-hydrogen) atoms. The zero-order valence-electron chi connectivity index (χ0n) is 12.9. The van der Waals surface area contributed by atoms with Crippen LogP contribution in [-0.4, -0.2) is 25.7 Å². The molecule has 1 fully saturated rings. The summed E-state index contributed by atoms with van der Waals surface area (Å²) in [6.07, 6.45) is 3.40. The maximum Gasteiger partial charge on any atom is 0.0434 e. The zero-order valence-corrected chi connectivity index (χ0v) is 12.9. The van der Waals surface area contributed by atoms with Crippen molar-refractivity contribution in [3.05, 3.63) is 28.8 Å². The predicted molar refractivity (Wildman–Crippen MR) is 84.3 cm³/mol. The smallest absolute Gasteiger partial charge is 0.0434 e. The predicted octanol–water partition coefficient (Wildman–Crippen LogP) is 3.17. The molecule has 0 bridgehead atoms. The van der Waals surface area contributed by atoms with Gasteiger partial charge in [0, 0.05) is 31.4 Å². The second-order valence-corrected chi connectivity index (χ2v) is 5.57. The summed E-state index contributed by atoms with van der Waals surface area (Å²) < 4.78 is 0. The van der Waals surface area contributed by atoms with Gasteiger partial charge < -0.3 is 10.2 Å². The maximum atomic E-state index is 3.49. The van der Waals surface area contributed by atoms with E-state index in [9.17, 15) is 0 Å². The highest BCUT2D eigenvalue weighted by molar-refractivity contribution is 5.62. The molecule has 0 saturated carbocycles. The SMILES string of the molecule is CCc1cc(CC)c(N2CCNC[C@H]2C)c(CC)c1. The molecule has 1 atom stereocenters. The van der Waals surface area contributed by atoms with Crippen molar-refractivity contribution in [2.24, 2.45) is 0 Å². The highest BCUT2D eigenvalue weighted by atomic mass is 15.2. The summed E-state index contributed by atoms with van der Waals surface area (Å²) in [5, 5.41) is 3.49. The number of nitrogens with zero attached hydrogens (tertiary/aromatic N) is 1. The van der Waals surface area contributed by atoms with Gasteiger partial charge in [0.05, 0.1) is 0 Å². The summed E-state index contributed by atoms with van der Waals surface area (Å²) in [5.41, 5.74) is 6.08. The van der Waals surface area contributed by atoms with Gasteiger partial charge in [0.25, 0.3) is 0 Å². The van der Waals surface area contributed by atoms with Gasteiger partial charge in [0.15, 0.2) is 0 Å². The largest absolute Gasteiger partial charge is 0.366 e. The highest BCUT2D eigenvalue weighted by Crippen LogP contribution is 2.30. The molecule has 2 nitrogen and oxygen atoms in total. The Morgan fingerprint density at radius 2 is 1.74 bits per heavy atom. The Balaban J connectivity index is 2.46. The fourth-order valence-corrected chi connectivity index (χ4v) is 3.12. The Kier molecular flexibility index (Phi) is 4.87. The molecular formula is C17H28N2. The summed E-state index contributed by atoms with van der Waals surface area (Å²) in [6.45, 7) is 12.5. The van der Waals surface area contributed by atoms with E-state index in [1.165, 1.54) is 22.4 Å². The molecule has 1 N–H and O–H groups in total. The first-order chi connectivity index (χ1) is 9.21. The minimum atomic E-state index is 0.594. The standard InChI is InChI=1S/C17H28N2/c1-5-14-10-15(6-2)17(16(7-3)11-14)19-9-8-18-12-13(19)4/h10-11,13,18H,5-9,12H2,1-4H3/t13-/m1/s1. The number of anilines is 1. The van der Waals surface area contributed by atoms with Crippen LogP contribution in [0.25, 0.3) is 0 Å². The molecule has 0 unspecified atom stereocenters. The van der Waals surface area contributed by atoms with Crippen molar-refractivity contribution in [1.82, 2.24) is 5.32 Å². The first kappa shape index (κ1) is 14.4. The van der Waals surface area contributed by atoms with E-state index in [2.05, 4.69) is 50.0 Å².